The zero-order valence-electron chi connectivity index (χ0n) is 17.9. The Morgan fingerprint density at radius 1 is 1.15 bits per heavy atom. The molecule has 1 unspecified atom stereocenters. The number of fused-ring (bicyclic) bond motifs is 1. The average molecular weight is 483 g/mol. The molecule has 0 bridgehead atoms. The van der Waals surface area contributed by atoms with Crippen LogP contribution in [0.4, 0.5) is 0 Å². The number of aromatic nitrogens is 3. The molecule has 1 amide bonds. The fraction of sp³-hybridized carbons (Fsp3) is 0.208. The van der Waals surface area contributed by atoms with Crippen molar-refractivity contribution in [3.05, 3.63) is 77.4 Å². The largest absolute Gasteiger partial charge is 0.345 e. The monoisotopic (exact) mass is 482 g/mol. The van der Waals surface area contributed by atoms with E-state index in [0.717, 1.165) is 16.5 Å². The van der Waals surface area contributed by atoms with Gasteiger partial charge in [-0.1, -0.05) is 35.9 Å². The smallest absolute Gasteiger partial charge is 0.251 e. The molecule has 1 saturated heterocycles. The molecule has 5 rings (SSSR count). The van der Waals surface area contributed by atoms with E-state index < -0.39 is 16.1 Å². The number of benzene rings is 2. The lowest BCUT2D eigenvalue weighted by Gasteiger charge is -2.30. The number of amides is 1. The number of rotatable bonds is 4. The van der Waals surface area contributed by atoms with Crippen LogP contribution in [0.1, 0.15) is 23.7 Å². The van der Waals surface area contributed by atoms with Gasteiger partial charge in [0, 0.05) is 28.5 Å². The summed E-state index contributed by atoms with van der Waals surface area (Å²) in [5.74, 6) is 0.812. The Morgan fingerprint density at radius 2 is 1.94 bits per heavy atom. The zero-order valence-corrected chi connectivity index (χ0v) is 19.5. The first-order chi connectivity index (χ1) is 15.7. The fourth-order valence-electron chi connectivity index (χ4n) is 4.25. The molecule has 0 spiro atoms. The van der Waals surface area contributed by atoms with Gasteiger partial charge in [0.1, 0.15) is 5.69 Å². The van der Waals surface area contributed by atoms with Crippen molar-refractivity contribution in [1.29, 1.82) is 0 Å². The Labute approximate surface area is 197 Å². The van der Waals surface area contributed by atoms with Crippen LogP contribution in [0.15, 0.2) is 66.9 Å². The molecule has 170 valence electrons. The Balaban J connectivity index is 1.60. The quantitative estimate of drug-likeness (QED) is 0.362. The minimum Gasteiger partial charge on any atom is -0.345 e. The van der Waals surface area contributed by atoms with Gasteiger partial charge in [0.2, 0.25) is 0 Å². The SMILES string of the molecule is CC1(NC(=O)c2ccc3c(-c4ccccc4Cl)nn(-c4ccccn4)c3c2)CCS(O)(O)C1. The molecule has 2 aromatic heterocycles. The summed E-state index contributed by atoms with van der Waals surface area (Å²) >= 11 is 6.46. The summed E-state index contributed by atoms with van der Waals surface area (Å²) < 4.78 is 21.7. The van der Waals surface area contributed by atoms with E-state index in [1.54, 1.807) is 23.0 Å². The number of pyridine rings is 1. The third-order valence-corrected chi connectivity index (χ3v) is 8.17. The second-order valence-electron chi connectivity index (χ2n) is 8.58. The molecule has 1 aliphatic rings. The van der Waals surface area contributed by atoms with Crippen molar-refractivity contribution in [3.8, 4) is 17.1 Å². The highest BCUT2D eigenvalue weighted by molar-refractivity contribution is 8.24. The third-order valence-electron chi connectivity index (χ3n) is 5.88. The first kappa shape index (κ1) is 21.9. The molecule has 1 atom stereocenters. The van der Waals surface area contributed by atoms with Crippen molar-refractivity contribution in [2.45, 2.75) is 18.9 Å². The lowest BCUT2D eigenvalue weighted by Crippen LogP contribution is -2.46. The maximum absolute atomic E-state index is 13.1. The van der Waals surface area contributed by atoms with Gasteiger partial charge < -0.3 is 5.32 Å². The van der Waals surface area contributed by atoms with E-state index in [-0.39, 0.29) is 11.7 Å². The number of nitrogens with one attached hydrogen (secondary N) is 1. The summed E-state index contributed by atoms with van der Waals surface area (Å²) in [4.78, 5) is 17.5. The van der Waals surface area contributed by atoms with Crippen LogP contribution in [0.3, 0.4) is 0 Å². The van der Waals surface area contributed by atoms with E-state index in [1.807, 2.05) is 55.5 Å². The number of carbonyl (C=O) groups excluding carboxylic acids is 1. The van der Waals surface area contributed by atoms with E-state index in [4.69, 9.17) is 16.7 Å². The van der Waals surface area contributed by atoms with Crippen LogP contribution in [0, 0.1) is 0 Å². The Kier molecular flexibility index (Phi) is 5.41. The topological polar surface area (TPSA) is 100 Å². The van der Waals surface area contributed by atoms with Crippen LogP contribution < -0.4 is 5.32 Å². The van der Waals surface area contributed by atoms with Gasteiger partial charge in [-0.15, -0.1) is 0 Å². The maximum Gasteiger partial charge on any atom is 0.251 e. The van der Waals surface area contributed by atoms with Gasteiger partial charge in [-0.2, -0.15) is 15.7 Å². The van der Waals surface area contributed by atoms with Gasteiger partial charge in [-0.05, 0) is 49.7 Å². The molecule has 3 N–H and O–H groups in total. The van der Waals surface area contributed by atoms with E-state index in [2.05, 4.69) is 10.3 Å². The lowest BCUT2D eigenvalue weighted by molar-refractivity contribution is 0.0915. The van der Waals surface area contributed by atoms with Gasteiger partial charge in [-0.3, -0.25) is 13.9 Å². The van der Waals surface area contributed by atoms with Crippen molar-refractivity contribution < 1.29 is 13.9 Å². The number of halogens is 1. The zero-order chi connectivity index (χ0) is 23.2. The fourth-order valence-corrected chi connectivity index (χ4v) is 6.63. The Hall–Kier alpha value is -2.91. The van der Waals surface area contributed by atoms with Crippen molar-refractivity contribution in [2.24, 2.45) is 0 Å². The standard InChI is InChI=1S/C24H23ClN4O3S/c1-24(11-13-33(31,32)15-24)27-23(30)16-9-10-18-20(14-16)29(21-8-4-5-12-26-21)28-22(18)17-6-2-3-7-19(17)25/h2-10,12,14,31-32H,11,13,15H2,1H3,(H,27,30). The minimum atomic E-state index is -2.64. The summed E-state index contributed by atoms with van der Waals surface area (Å²) in [7, 11) is -2.64. The maximum atomic E-state index is 13.1. The third kappa shape index (κ3) is 4.22. The molecule has 1 fully saturated rings. The molecule has 1 aliphatic heterocycles. The normalized spacial score (nSPS) is 20.6. The highest BCUT2D eigenvalue weighted by atomic mass is 35.5. The predicted molar refractivity (Wildman–Crippen MR) is 132 cm³/mol. The number of hydrogen-bond acceptors (Lipinski definition) is 5. The van der Waals surface area contributed by atoms with Gasteiger partial charge in [-0.25, -0.2) is 9.67 Å². The predicted octanol–water partition coefficient (Wildman–Crippen LogP) is 5.38. The molecule has 0 aliphatic carbocycles. The van der Waals surface area contributed by atoms with Crippen molar-refractivity contribution >= 4 is 39.0 Å². The van der Waals surface area contributed by atoms with Gasteiger partial charge >= 0.3 is 0 Å². The second kappa shape index (κ2) is 8.14. The number of nitrogens with zero attached hydrogens (tertiary/aromatic N) is 3. The molecule has 4 aromatic rings. The Morgan fingerprint density at radius 3 is 2.64 bits per heavy atom. The first-order valence-corrected chi connectivity index (χ1v) is 12.8. The summed E-state index contributed by atoms with van der Waals surface area (Å²) in [6.45, 7) is 1.85. The van der Waals surface area contributed by atoms with Crippen molar-refractivity contribution in [3.63, 3.8) is 0 Å². The molecule has 9 heteroatoms. The van der Waals surface area contributed by atoms with E-state index in [1.165, 1.54) is 0 Å². The molecule has 0 saturated carbocycles. The second-order valence-corrected chi connectivity index (χ2v) is 11.3. The minimum absolute atomic E-state index is 0.163. The van der Waals surface area contributed by atoms with Crippen LogP contribution in [0.25, 0.3) is 28.0 Å². The van der Waals surface area contributed by atoms with Crippen LogP contribution in [-0.2, 0) is 0 Å². The summed E-state index contributed by atoms with van der Waals surface area (Å²) in [6, 6.07) is 18.4. The molecular weight excluding hydrogens is 460 g/mol. The Bertz CT molecular complexity index is 1360. The molecular formula is C24H23ClN4O3S. The lowest BCUT2D eigenvalue weighted by atomic mass is 10.0. The summed E-state index contributed by atoms with van der Waals surface area (Å²) in [5, 5.41) is 9.22. The van der Waals surface area contributed by atoms with E-state index in [0.29, 0.717) is 34.3 Å². The molecule has 33 heavy (non-hydrogen) atoms. The molecule has 7 nitrogen and oxygen atoms in total. The van der Waals surface area contributed by atoms with E-state index in [9.17, 15) is 13.9 Å². The van der Waals surface area contributed by atoms with E-state index >= 15 is 0 Å². The molecule has 0 radical (unpaired) electrons. The average Bonchev–Trinajstić information content (AvgIpc) is 3.30. The van der Waals surface area contributed by atoms with Gasteiger partial charge in [0.05, 0.1) is 21.8 Å². The summed E-state index contributed by atoms with van der Waals surface area (Å²) in [6.07, 6.45) is 2.21. The van der Waals surface area contributed by atoms with Crippen LogP contribution in [0.2, 0.25) is 5.02 Å². The highest BCUT2D eigenvalue weighted by Crippen LogP contribution is 2.50. The number of carbonyl (C=O) groups is 1. The highest BCUT2D eigenvalue weighted by Gasteiger charge is 2.39. The van der Waals surface area contributed by atoms with Gasteiger partial charge in [0.15, 0.2) is 5.82 Å². The van der Waals surface area contributed by atoms with Crippen LogP contribution >= 0.6 is 22.2 Å². The summed E-state index contributed by atoms with van der Waals surface area (Å²) in [5.41, 5.74) is 2.01. The van der Waals surface area contributed by atoms with Gasteiger partial charge in [0.25, 0.3) is 5.91 Å². The molecule has 3 heterocycles. The van der Waals surface area contributed by atoms with Crippen molar-refractivity contribution in [1.82, 2.24) is 20.1 Å². The van der Waals surface area contributed by atoms with Crippen LogP contribution in [0.5, 0.6) is 0 Å². The van der Waals surface area contributed by atoms with Crippen molar-refractivity contribution in [2.75, 3.05) is 11.5 Å². The first-order valence-electron chi connectivity index (χ1n) is 10.5. The molecule has 2 aromatic carbocycles. The van der Waals surface area contributed by atoms with Crippen LogP contribution in [-0.4, -0.2) is 46.8 Å². The number of hydrogen-bond donors (Lipinski definition) is 3.